The monoisotopic (exact) mass is 310 g/mol. The fourth-order valence-corrected chi connectivity index (χ4v) is 2.92. The first-order valence-corrected chi connectivity index (χ1v) is 7.44. The number of hydrogen-bond donors (Lipinski definition) is 2. The lowest BCUT2D eigenvalue weighted by Gasteiger charge is -2.16. The van der Waals surface area contributed by atoms with Gasteiger partial charge >= 0.3 is 6.18 Å². The standard InChI is InChI=1S/C12H17F3N2O2S/c1-8(7-12(13,14)15)17-20(18,19)11-5-3-10(4-6-11)9(2)16/h3-6,8-9,17H,7,16H2,1-2H3. The lowest BCUT2D eigenvalue weighted by molar-refractivity contribution is -0.137. The molecule has 114 valence electrons. The van der Waals surface area contributed by atoms with Crippen molar-refractivity contribution in [3.63, 3.8) is 0 Å². The smallest absolute Gasteiger partial charge is 0.324 e. The van der Waals surface area contributed by atoms with Gasteiger partial charge in [-0.15, -0.1) is 0 Å². The largest absolute Gasteiger partial charge is 0.390 e. The molecule has 0 aliphatic carbocycles. The van der Waals surface area contributed by atoms with E-state index in [1.807, 2.05) is 4.72 Å². The van der Waals surface area contributed by atoms with Crippen molar-refractivity contribution < 1.29 is 21.6 Å². The first-order chi connectivity index (χ1) is 9.01. The zero-order valence-corrected chi connectivity index (χ0v) is 11.9. The fourth-order valence-electron chi connectivity index (χ4n) is 1.67. The van der Waals surface area contributed by atoms with Crippen molar-refractivity contribution in [3.8, 4) is 0 Å². The molecule has 0 fully saturated rings. The molecule has 1 rings (SSSR count). The van der Waals surface area contributed by atoms with Gasteiger partial charge in [-0.2, -0.15) is 13.2 Å². The van der Waals surface area contributed by atoms with Crippen molar-refractivity contribution in [2.45, 2.75) is 43.4 Å². The lowest BCUT2D eigenvalue weighted by Crippen LogP contribution is -2.35. The van der Waals surface area contributed by atoms with Crippen LogP contribution < -0.4 is 10.5 Å². The Morgan fingerprint density at radius 3 is 2.10 bits per heavy atom. The van der Waals surface area contributed by atoms with Gasteiger partial charge in [0.1, 0.15) is 0 Å². The second-order valence-corrected chi connectivity index (χ2v) is 6.41. The molecule has 0 aromatic heterocycles. The highest BCUT2D eigenvalue weighted by Gasteiger charge is 2.31. The van der Waals surface area contributed by atoms with Crippen LogP contribution in [0.3, 0.4) is 0 Å². The van der Waals surface area contributed by atoms with E-state index < -0.39 is 28.7 Å². The van der Waals surface area contributed by atoms with Gasteiger partial charge in [-0.1, -0.05) is 12.1 Å². The van der Waals surface area contributed by atoms with Crippen molar-refractivity contribution in [3.05, 3.63) is 29.8 Å². The molecule has 8 heteroatoms. The molecule has 2 unspecified atom stereocenters. The lowest BCUT2D eigenvalue weighted by atomic mass is 10.1. The van der Waals surface area contributed by atoms with Crippen LogP contribution >= 0.6 is 0 Å². The van der Waals surface area contributed by atoms with Gasteiger partial charge in [0.05, 0.1) is 11.3 Å². The van der Waals surface area contributed by atoms with Gasteiger partial charge in [0.25, 0.3) is 0 Å². The number of hydrogen-bond acceptors (Lipinski definition) is 3. The number of alkyl halides is 3. The zero-order chi connectivity index (χ0) is 15.6. The molecule has 2 atom stereocenters. The average Bonchev–Trinajstić information content (AvgIpc) is 2.25. The average molecular weight is 310 g/mol. The highest BCUT2D eigenvalue weighted by atomic mass is 32.2. The van der Waals surface area contributed by atoms with Crippen LogP contribution in [-0.2, 0) is 10.0 Å². The van der Waals surface area contributed by atoms with Crippen molar-refractivity contribution in [1.82, 2.24) is 4.72 Å². The molecule has 0 heterocycles. The van der Waals surface area contributed by atoms with E-state index in [9.17, 15) is 21.6 Å². The molecule has 0 aliphatic rings. The Hall–Kier alpha value is -1.12. The topological polar surface area (TPSA) is 72.2 Å². The van der Waals surface area contributed by atoms with Gasteiger partial charge in [0.15, 0.2) is 0 Å². The van der Waals surface area contributed by atoms with Gasteiger partial charge < -0.3 is 5.73 Å². The summed E-state index contributed by atoms with van der Waals surface area (Å²) in [5.41, 5.74) is 6.38. The first kappa shape index (κ1) is 16.9. The predicted octanol–water partition coefficient (Wildman–Crippen LogP) is 2.33. The van der Waals surface area contributed by atoms with Crippen LogP contribution in [0.15, 0.2) is 29.2 Å². The van der Waals surface area contributed by atoms with Gasteiger partial charge in [-0.25, -0.2) is 13.1 Å². The van der Waals surface area contributed by atoms with Crippen LogP contribution in [0.25, 0.3) is 0 Å². The van der Waals surface area contributed by atoms with Crippen LogP contribution in [0.1, 0.15) is 31.9 Å². The normalized spacial score (nSPS) is 15.9. The van der Waals surface area contributed by atoms with Crippen molar-refractivity contribution in [2.24, 2.45) is 5.73 Å². The van der Waals surface area contributed by atoms with Crippen molar-refractivity contribution in [2.75, 3.05) is 0 Å². The molecular weight excluding hydrogens is 293 g/mol. The summed E-state index contributed by atoms with van der Waals surface area (Å²) < 4.78 is 62.3. The number of benzene rings is 1. The molecule has 0 spiro atoms. The van der Waals surface area contributed by atoms with Gasteiger partial charge in [0.2, 0.25) is 10.0 Å². The molecule has 0 aliphatic heterocycles. The van der Waals surface area contributed by atoms with E-state index in [2.05, 4.69) is 0 Å². The number of halogens is 3. The Morgan fingerprint density at radius 1 is 1.20 bits per heavy atom. The maximum absolute atomic E-state index is 12.2. The van der Waals surface area contributed by atoms with Crippen LogP contribution in [0.2, 0.25) is 0 Å². The van der Waals surface area contributed by atoms with Gasteiger partial charge in [-0.05, 0) is 31.5 Å². The van der Waals surface area contributed by atoms with Crippen LogP contribution in [-0.4, -0.2) is 20.6 Å². The summed E-state index contributed by atoms with van der Waals surface area (Å²) >= 11 is 0. The summed E-state index contributed by atoms with van der Waals surface area (Å²) in [6.45, 7) is 2.91. The number of nitrogens with one attached hydrogen (secondary N) is 1. The maximum atomic E-state index is 12.2. The van der Waals surface area contributed by atoms with E-state index in [1.165, 1.54) is 31.2 Å². The minimum absolute atomic E-state index is 0.0871. The fraction of sp³-hybridized carbons (Fsp3) is 0.500. The molecule has 0 bridgehead atoms. The van der Waals surface area contributed by atoms with Crippen LogP contribution in [0, 0.1) is 0 Å². The Bertz CT molecular complexity index is 539. The molecular formula is C12H17F3N2O2S. The molecule has 20 heavy (non-hydrogen) atoms. The zero-order valence-electron chi connectivity index (χ0n) is 11.1. The summed E-state index contributed by atoms with van der Waals surface area (Å²) in [5.74, 6) is 0. The van der Waals surface area contributed by atoms with E-state index in [0.29, 0.717) is 0 Å². The van der Waals surface area contributed by atoms with Crippen molar-refractivity contribution in [1.29, 1.82) is 0 Å². The highest BCUT2D eigenvalue weighted by Crippen LogP contribution is 2.22. The third-order valence-corrected chi connectivity index (χ3v) is 4.22. The third-order valence-electron chi connectivity index (χ3n) is 2.61. The minimum Gasteiger partial charge on any atom is -0.324 e. The molecule has 0 saturated carbocycles. The Balaban J connectivity index is 2.83. The van der Waals surface area contributed by atoms with Crippen molar-refractivity contribution >= 4 is 10.0 Å². The summed E-state index contributed by atoms with van der Waals surface area (Å²) in [5, 5.41) is 0. The number of nitrogens with two attached hydrogens (primary N) is 1. The second-order valence-electron chi connectivity index (χ2n) is 4.70. The Labute approximate surface area is 116 Å². The van der Waals surface area contributed by atoms with Crippen LogP contribution in [0.4, 0.5) is 13.2 Å². The molecule has 3 N–H and O–H groups in total. The first-order valence-electron chi connectivity index (χ1n) is 5.96. The minimum atomic E-state index is -4.42. The summed E-state index contributed by atoms with van der Waals surface area (Å²) in [4.78, 5) is -0.0871. The Morgan fingerprint density at radius 2 is 1.70 bits per heavy atom. The maximum Gasteiger partial charge on any atom is 0.390 e. The van der Waals surface area contributed by atoms with Gasteiger partial charge in [-0.3, -0.25) is 0 Å². The summed E-state index contributed by atoms with van der Waals surface area (Å²) in [6, 6.07) is 4.24. The van der Waals surface area contributed by atoms with Gasteiger partial charge in [0, 0.05) is 12.1 Å². The molecule has 0 amide bonds. The molecule has 1 aromatic carbocycles. The van der Waals surface area contributed by atoms with Crippen LogP contribution in [0.5, 0.6) is 0 Å². The SMILES string of the molecule is CC(CC(F)(F)F)NS(=O)(=O)c1ccc(C(C)N)cc1. The molecule has 0 saturated heterocycles. The predicted molar refractivity (Wildman–Crippen MR) is 69.5 cm³/mol. The second kappa shape index (κ2) is 6.11. The third kappa shape index (κ3) is 5.10. The summed E-state index contributed by atoms with van der Waals surface area (Å²) in [7, 11) is -3.97. The molecule has 0 radical (unpaired) electrons. The van der Waals surface area contributed by atoms with E-state index in [-0.39, 0.29) is 10.9 Å². The number of sulfonamides is 1. The molecule has 1 aromatic rings. The van der Waals surface area contributed by atoms with E-state index in [0.717, 1.165) is 5.56 Å². The quantitative estimate of drug-likeness (QED) is 0.876. The highest BCUT2D eigenvalue weighted by molar-refractivity contribution is 7.89. The number of rotatable bonds is 5. The molecule has 4 nitrogen and oxygen atoms in total. The van der Waals surface area contributed by atoms with E-state index >= 15 is 0 Å². The Kier molecular flexibility index (Phi) is 5.17. The van der Waals surface area contributed by atoms with E-state index in [1.54, 1.807) is 6.92 Å². The van der Waals surface area contributed by atoms with E-state index in [4.69, 9.17) is 5.73 Å². The summed E-state index contributed by atoms with van der Waals surface area (Å²) in [6.07, 6.45) is -5.63.